The van der Waals surface area contributed by atoms with E-state index in [1.54, 1.807) is 0 Å². The monoisotopic (exact) mass is 461 g/mol. The minimum absolute atomic E-state index is 0.182. The molecule has 0 atom stereocenters. The molecule has 0 aliphatic carbocycles. The van der Waals surface area contributed by atoms with E-state index >= 15 is 0 Å². The topological polar surface area (TPSA) is 65.1 Å². The van der Waals surface area contributed by atoms with Crippen LogP contribution in [0.1, 0.15) is 11.1 Å². The second-order valence-electron chi connectivity index (χ2n) is 7.94. The highest BCUT2D eigenvalue weighted by atomic mass is 32.1. The molecule has 3 aromatic carbocycles. The number of aromatic nitrogens is 5. The van der Waals surface area contributed by atoms with Gasteiger partial charge in [-0.05, 0) is 30.7 Å². The molecule has 6 nitrogen and oxygen atoms in total. The van der Waals surface area contributed by atoms with Crippen molar-refractivity contribution >= 4 is 22.4 Å². The summed E-state index contributed by atoms with van der Waals surface area (Å²) in [6.45, 7) is 2.01. The molecular weight excluding hydrogens is 442 g/mol. The highest BCUT2D eigenvalue weighted by molar-refractivity contribution is 7.15. The summed E-state index contributed by atoms with van der Waals surface area (Å²) in [6.07, 6.45) is 3.83. The van der Waals surface area contributed by atoms with Gasteiger partial charge >= 0.3 is 0 Å². The summed E-state index contributed by atoms with van der Waals surface area (Å²) in [5, 5.41) is 9.33. The second kappa shape index (κ2) is 8.20. The fraction of sp³-hybridized carbons (Fsp3) is 0.0370. The van der Waals surface area contributed by atoms with Crippen LogP contribution in [0.5, 0.6) is 0 Å². The zero-order valence-corrected chi connectivity index (χ0v) is 19.1. The Balaban J connectivity index is 1.50. The smallest absolute Gasteiger partial charge is 0.266 e. The molecule has 34 heavy (non-hydrogen) atoms. The number of para-hydroxylation sites is 1. The zero-order chi connectivity index (χ0) is 23.1. The summed E-state index contributed by atoms with van der Waals surface area (Å²) in [5.74, 6) is 0.565. The van der Waals surface area contributed by atoms with Crippen molar-refractivity contribution in [2.24, 2.45) is 0 Å². The molecule has 0 N–H and O–H groups in total. The second-order valence-corrected chi connectivity index (χ2v) is 8.95. The summed E-state index contributed by atoms with van der Waals surface area (Å²) in [4.78, 5) is 18.4. The van der Waals surface area contributed by atoms with Crippen LogP contribution in [0.3, 0.4) is 0 Å². The van der Waals surface area contributed by atoms with Crippen molar-refractivity contribution in [3.05, 3.63) is 117 Å². The van der Waals surface area contributed by atoms with E-state index in [0.717, 1.165) is 33.6 Å². The maximum absolute atomic E-state index is 13.2. The Bertz CT molecular complexity index is 1730. The van der Waals surface area contributed by atoms with E-state index in [1.165, 1.54) is 15.9 Å². The minimum Gasteiger partial charge on any atom is -0.266 e. The fourth-order valence-corrected chi connectivity index (χ4v) is 4.84. The van der Waals surface area contributed by atoms with Gasteiger partial charge in [0.1, 0.15) is 0 Å². The summed E-state index contributed by atoms with van der Waals surface area (Å²) in [6, 6.07) is 27.8. The molecule has 0 aliphatic rings. The van der Waals surface area contributed by atoms with E-state index < -0.39 is 0 Å². The van der Waals surface area contributed by atoms with Gasteiger partial charge < -0.3 is 0 Å². The van der Waals surface area contributed by atoms with Gasteiger partial charge in [0.2, 0.25) is 4.96 Å². The van der Waals surface area contributed by atoms with Gasteiger partial charge in [0, 0.05) is 22.9 Å². The number of nitrogens with zero attached hydrogens (tertiary/aromatic N) is 5. The van der Waals surface area contributed by atoms with Crippen molar-refractivity contribution in [1.82, 2.24) is 24.4 Å². The highest BCUT2D eigenvalue weighted by Crippen LogP contribution is 2.25. The van der Waals surface area contributed by atoms with Gasteiger partial charge in [-0.3, -0.25) is 4.79 Å². The lowest BCUT2D eigenvalue weighted by atomic mass is 10.1. The molecule has 0 saturated heterocycles. The van der Waals surface area contributed by atoms with Gasteiger partial charge in [-0.25, -0.2) is 4.68 Å². The molecule has 0 radical (unpaired) electrons. The van der Waals surface area contributed by atoms with E-state index in [2.05, 4.69) is 10.1 Å². The van der Waals surface area contributed by atoms with Crippen molar-refractivity contribution in [2.75, 3.05) is 0 Å². The molecule has 0 unspecified atom stereocenters. The van der Waals surface area contributed by atoms with Gasteiger partial charge in [-0.2, -0.15) is 14.6 Å². The van der Waals surface area contributed by atoms with Crippen LogP contribution in [0, 0.1) is 6.92 Å². The number of rotatable bonds is 4. The molecule has 7 heteroatoms. The Morgan fingerprint density at radius 2 is 1.56 bits per heavy atom. The third-order valence-electron chi connectivity index (χ3n) is 5.66. The summed E-state index contributed by atoms with van der Waals surface area (Å²) in [5.41, 5.74) is 5.42. The molecule has 3 heterocycles. The predicted molar refractivity (Wildman–Crippen MR) is 135 cm³/mol. The predicted octanol–water partition coefficient (Wildman–Crippen LogP) is 4.53. The van der Waals surface area contributed by atoms with Gasteiger partial charge in [0.15, 0.2) is 5.82 Å². The van der Waals surface area contributed by atoms with Crippen LogP contribution in [0.2, 0.25) is 0 Å². The average Bonchev–Trinajstić information content (AvgIpc) is 3.56. The molecule has 0 amide bonds. The molecule has 0 saturated carbocycles. The quantitative estimate of drug-likeness (QED) is 0.387. The lowest BCUT2D eigenvalue weighted by Crippen LogP contribution is -2.23. The number of hydrogen-bond acceptors (Lipinski definition) is 5. The summed E-state index contributed by atoms with van der Waals surface area (Å²) < 4.78 is 3.80. The third kappa shape index (κ3) is 3.52. The van der Waals surface area contributed by atoms with E-state index in [-0.39, 0.29) is 5.56 Å². The number of aryl methyl sites for hydroxylation is 1. The molecule has 0 spiro atoms. The van der Waals surface area contributed by atoms with Crippen LogP contribution in [-0.2, 0) is 0 Å². The maximum atomic E-state index is 13.2. The number of hydrogen-bond donors (Lipinski definition) is 0. The Morgan fingerprint density at radius 1 is 0.853 bits per heavy atom. The Kier molecular flexibility index (Phi) is 4.89. The molecule has 3 aromatic heterocycles. The Morgan fingerprint density at radius 3 is 2.29 bits per heavy atom. The van der Waals surface area contributed by atoms with Crippen molar-refractivity contribution in [3.63, 3.8) is 0 Å². The first-order chi connectivity index (χ1) is 16.7. The summed E-state index contributed by atoms with van der Waals surface area (Å²) >= 11 is 1.33. The normalized spacial score (nSPS) is 12.0. The van der Waals surface area contributed by atoms with Crippen LogP contribution < -0.4 is 10.1 Å². The van der Waals surface area contributed by atoms with Crippen molar-refractivity contribution in [3.8, 4) is 28.3 Å². The van der Waals surface area contributed by atoms with E-state index in [9.17, 15) is 4.79 Å². The SMILES string of the molecule is Cc1ccccc1-c1nc2sc(=Cc3cn(-c4ccccc4)nc3-c3ccccc3)c(=O)n2n1. The van der Waals surface area contributed by atoms with Crippen molar-refractivity contribution in [2.45, 2.75) is 6.92 Å². The van der Waals surface area contributed by atoms with Gasteiger partial charge in [-0.15, -0.1) is 5.10 Å². The largest absolute Gasteiger partial charge is 0.291 e. The first-order valence-corrected chi connectivity index (χ1v) is 11.7. The minimum atomic E-state index is -0.182. The molecule has 6 rings (SSSR count). The molecule has 6 aromatic rings. The van der Waals surface area contributed by atoms with E-state index in [4.69, 9.17) is 5.10 Å². The van der Waals surface area contributed by atoms with Crippen LogP contribution >= 0.6 is 11.3 Å². The number of thiazole rings is 1. The van der Waals surface area contributed by atoms with Crippen molar-refractivity contribution < 1.29 is 0 Å². The Hall–Kier alpha value is -4.36. The Labute approximate surface area is 199 Å². The lowest BCUT2D eigenvalue weighted by Gasteiger charge is -2.00. The van der Waals surface area contributed by atoms with Crippen molar-refractivity contribution in [1.29, 1.82) is 0 Å². The molecule has 0 fully saturated rings. The third-order valence-corrected chi connectivity index (χ3v) is 6.62. The van der Waals surface area contributed by atoms with Gasteiger partial charge in [-0.1, -0.05) is 84.1 Å². The van der Waals surface area contributed by atoms with Crippen LogP contribution in [0.4, 0.5) is 0 Å². The molecule has 164 valence electrons. The van der Waals surface area contributed by atoms with Crippen LogP contribution in [0.25, 0.3) is 39.4 Å². The standard InChI is InChI=1S/C27H19N5OS/c1-18-10-8-9-15-22(18)25-28-27-32(30-25)26(33)23(34-27)16-20-17-31(21-13-6-3-7-14-21)29-24(20)19-11-4-2-5-12-19/h2-17H,1H3. The summed E-state index contributed by atoms with van der Waals surface area (Å²) in [7, 11) is 0. The first kappa shape index (κ1) is 20.3. The average molecular weight is 462 g/mol. The van der Waals surface area contributed by atoms with E-state index in [0.29, 0.717) is 15.3 Å². The fourth-order valence-electron chi connectivity index (χ4n) is 3.94. The highest BCUT2D eigenvalue weighted by Gasteiger charge is 2.15. The molecular formula is C27H19N5OS. The van der Waals surface area contributed by atoms with E-state index in [1.807, 2.05) is 109 Å². The van der Waals surface area contributed by atoms with Crippen LogP contribution in [-0.4, -0.2) is 24.4 Å². The first-order valence-electron chi connectivity index (χ1n) is 10.9. The number of fused-ring (bicyclic) bond motifs is 1. The zero-order valence-electron chi connectivity index (χ0n) is 18.3. The molecule has 0 aliphatic heterocycles. The van der Waals surface area contributed by atoms with Gasteiger partial charge in [0.25, 0.3) is 5.56 Å². The number of benzene rings is 3. The lowest BCUT2D eigenvalue weighted by molar-refractivity contribution is 0.884. The van der Waals surface area contributed by atoms with Crippen LogP contribution in [0.15, 0.2) is 95.9 Å². The maximum Gasteiger partial charge on any atom is 0.291 e. The molecule has 0 bridgehead atoms. The van der Waals surface area contributed by atoms with Gasteiger partial charge in [0.05, 0.1) is 15.9 Å².